The minimum atomic E-state index is -3.52. The molecule has 22 heavy (non-hydrogen) atoms. The van der Waals surface area contributed by atoms with Crippen molar-refractivity contribution in [2.75, 3.05) is 26.4 Å². The van der Waals surface area contributed by atoms with Crippen LogP contribution in [0.1, 0.15) is 19.3 Å². The second kappa shape index (κ2) is 8.75. The van der Waals surface area contributed by atoms with Gasteiger partial charge in [-0.1, -0.05) is 15.9 Å². The van der Waals surface area contributed by atoms with Crippen molar-refractivity contribution in [3.63, 3.8) is 0 Å². The third kappa shape index (κ3) is 5.58. The third-order valence-electron chi connectivity index (χ3n) is 3.27. The highest BCUT2D eigenvalue weighted by atomic mass is 79.9. The lowest BCUT2D eigenvalue weighted by atomic mass is 10.2. The first-order chi connectivity index (χ1) is 10.5. The molecule has 1 unspecified atom stereocenters. The minimum absolute atomic E-state index is 0.203. The zero-order valence-corrected chi connectivity index (χ0v) is 16.0. The maximum atomic E-state index is 12.2. The Morgan fingerprint density at radius 3 is 2.91 bits per heavy atom. The molecule has 1 saturated heterocycles. The fraction of sp³-hybridized carbons (Fsp3) is 0.571. The van der Waals surface area contributed by atoms with Crippen LogP contribution >= 0.6 is 31.9 Å². The Morgan fingerprint density at radius 1 is 1.36 bits per heavy atom. The van der Waals surface area contributed by atoms with Crippen LogP contribution in [-0.4, -0.2) is 40.9 Å². The number of rotatable bonds is 8. The Bertz CT molecular complexity index is 589. The maximum Gasteiger partial charge on any atom is 0.241 e. The lowest BCUT2D eigenvalue weighted by Crippen LogP contribution is -2.26. The van der Waals surface area contributed by atoms with E-state index in [1.807, 2.05) is 0 Å². The summed E-state index contributed by atoms with van der Waals surface area (Å²) < 4.78 is 39.2. The smallest absolute Gasteiger partial charge is 0.241 e. The molecule has 0 aromatic heterocycles. The van der Waals surface area contributed by atoms with Gasteiger partial charge in [-0.2, -0.15) is 0 Å². The van der Waals surface area contributed by atoms with E-state index in [1.165, 1.54) is 0 Å². The Hall–Kier alpha value is 0.01000. The molecule has 5 nitrogen and oxygen atoms in total. The van der Waals surface area contributed by atoms with Crippen LogP contribution in [0.25, 0.3) is 0 Å². The SMILES string of the molecule is O=S(=O)(NCCCOCC1CCCO1)c1cc(Br)ccc1Br. The first kappa shape index (κ1) is 18.4. The van der Waals surface area contributed by atoms with E-state index in [9.17, 15) is 8.42 Å². The molecule has 1 aromatic carbocycles. The van der Waals surface area contributed by atoms with E-state index in [0.29, 0.717) is 30.7 Å². The van der Waals surface area contributed by atoms with Crippen LogP contribution in [0, 0.1) is 0 Å². The monoisotopic (exact) mass is 455 g/mol. The fourth-order valence-electron chi connectivity index (χ4n) is 2.13. The molecule has 2 rings (SSSR count). The van der Waals surface area contributed by atoms with Gasteiger partial charge in [0.25, 0.3) is 0 Å². The summed E-state index contributed by atoms with van der Waals surface area (Å²) in [7, 11) is -3.52. The fourth-order valence-corrected chi connectivity index (χ4v) is 4.71. The summed E-state index contributed by atoms with van der Waals surface area (Å²) in [5.74, 6) is 0. The molecule has 0 spiro atoms. The summed E-state index contributed by atoms with van der Waals surface area (Å²) in [4.78, 5) is 0.224. The van der Waals surface area contributed by atoms with Gasteiger partial charge in [0.05, 0.1) is 17.6 Å². The molecule has 1 aliphatic heterocycles. The van der Waals surface area contributed by atoms with E-state index in [2.05, 4.69) is 36.6 Å². The van der Waals surface area contributed by atoms with E-state index >= 15 is 0 Å². The van der Waals surface area contributed by atoms with Gasteiger partial charge in [-0.25, -0.2) is 13.1 Å². The lowest BCUT2D eigenvalue weighted by Gasteiger charge is -2.11. The van der Waals surface area contributed by atoms with E-state index in [4.69, 9.17) is 9.47 Å². The van der Waals surface area contributed by atoms with E-state index < -0.39 is 10.0 Å². The summed E-state index contributed by atoms with van der Waals surface area (Å²) in [5.41, 5.74) is 0. The summed E-state index contributed by atoms with van der Waals surface area (Å²) in [5, 5.41) is 0. The van der Waals surface area contributed by atoms with E-state index in [0.717, 1.165) is 23.9 Å². The number of hydrogen-bond donors (Lipinski definition) is 1. The molecule has 1 heterocycles. The first-order valence-electron chi connectivity index (χ1n) is 7.13. The van der Waals surface area contributed by atoms with Gasteiger partial charge in [0, 0.05) is 28.7 Å². The highest BCUT2D eigenvalue weighted by Crippen LogP contribution is 2.25. The molecule has 1 N–H and O–H groups in total. The van der Waals surface area contributed by atoms with Gasteiger partial charge in [-0.05, 0) is 53.4 Å². The molecular weight excluding hydrogens is 438 g/mol. The molecule has 1 atom stereocenters. The minimum Gasteiger partial charge on any atom is -0.379 e. The predicted molar refractivity (Wildman–Crippen MR) is 91.4 cm³/mol. The number of benzene rings is 1. The van der Waals surface area contributed by atoms with Gasteiger partial charge >= 0.3 is 0 Å². The standard InChI is InChI=1S/C14H19Br2NO4S/c15-11-4-5-13(16)14(9-11)22(18,19)17-6-2-7-20-10-12-3-1-8-21-12/h4-5,9,12,17H,1-3,6-8,10H2. The maximum absolute atomic E-state index is 12.2. The van der Waals surface area contributed by atoms with Crippen molar-refractivity contribution < 1.29 is 17.9 Å². The quantitative estimate of drug-likeness (QED) is 0.610. The van der Waals surface area contributed by atoms with Crippen molar-refractivity contribution in [1.82, 2.24) is 4.72 Å². The molecule has 0 bridgehead atoms. The number of sulfonamides is 1. The van der Waals surface area contributed by atoms with Gasteiger partial charge in [0.15, 0.2) is 0 Å². The number of ether oxygens (including phenoxy) is 2. The van der Waals surface area contributed by atoms with Crippen molar-refractivity contribution in [3.05, 3.63) is 27.1 Å². The average molecular weight is 457 g/mol. The molecule has 1 fully saturated rings. The van der Waals surface area contributed by atoms with Crippen LogP contribution in [0.5, 0.6) is 0 Å². The largest absolute Gasteiger partial charge is 0.379 e. The van der Waals surface area contributed by atoms with Gasteiger partial charge in [-0.3, -0.25) is 0 Å². The molecule has 124 valence electrons. The Labute approximate surface area is 148 Å². The lowest BCUT2D eigenvalue weighted by molar-refractivity contribution is 0.0169. The third-order valence-corrected chi connectivity index (χ3v) is 6.22. The van der Waals surface area contributed by atoms with Crippen molar-refractivity contribution in [3.8, 4) is 0 Å². The first-order valence-corrected chi connectivity index (χ1v) is 10.2. The number of nitrogens with one attached hydrogen (secondary N) is 1. The van der Waals surface area contributed by atoms with Crippen LogP contribution in [0.2, 0.25) is 0 Å². The molecule has 0 amide bonds. The van der Waals surface area contributed by atoms with Crippen molar-refractivity contribution in [1.29, 1.82) is 0 Å². The summed E-state index contributed by atoms with van der Waals surface area (Å²) in [6.07, 6.45) is 2.96. The molecule has 8 heteroatoms. The van der Waals surface area contributed by atoms with E-state index in [1.54, 1.807) is 18.2 Å². The highest BCUT2D eigenvalue weighted by Gasteiger charge is 2.18. The number of halogens is 2. The van der Waals surface area contributed by atoms with E-state index in [-0.39, 0.29) is 11.0 Å². The van der Waals surface area contributed by atoms with Crippen molar-refractivity contribution >= 4 is 41.9 Å². The molecule has 1 aromatic rings. The van der Waals surface area contributed by atoms with Crippen LogP contribution in [-0.2, 0) is 19.5 Å². The van der Waals surface area contributed by atoms with Crippen LogP contribution in [0.4, 0.5) is 0 Å². The summed E-state index contributed by atoms with van der Waals surface area (Å²) in [6.45, 7) is 2.26. The zero-order chi connectivity index (χ0) is 16.0. The molecule has 0 radical (unpaired) electrons. The Kier molecular flexibility index (Phi) is 7.30. The molecular formula is C14H19Br2NO4S. The van der Waals surface area contributed by atoms with Gasteiger partial charge < -0.3 is 9.47 Å². The van der Waals surface area contributed by atoms with Crippen molar-refractivity contribution in [2.24, 2.45) is 0 Å². The Balaban J connectivity index is 1.72. The topological polar surface area (TPSA) is 64.6 Å². The average Bonchev–Trinajstić information content (AvgIpc) is 2.98. The highest BCUT2D eigenvalue weighted by molar-refractivity contribution is 9.11. The van der Waals surface area contributed by atoms with Crippen LogP contribution < -0.4 is 4.72 Å². The van der Waals surface area contributed by atoms with Crippen molar-refractivity contribution in [2.45, 2.75) is 30.3 Å². The molecule has 1 aliphatic rings. The van der Waals surface area contributed by atoms with Crippen LogP contribution in [0.3, 0.4) is 0 Å². The van der Waals surface area contributed by atoms with Crippen LogP contribution in [0.15, 0.2) is 32.0 Å². The van der Waals surface area contributed by atoms with Gasteiger partial charge in [-0.15, -0.1) is 0 Å². The van der Waals surface area contributed by atoms with Gasteiger partial charge in [0.1, 0.15) is 0 Å². The zero-order valence-electron chi connectivity index (χ0n) is 12.1. The molecule has 0 saturated carbocycles. The second-order valence-corrected chi connectivity index (χ2v) is 8.54. The second-order valence-electron chi connectivity index (χ2n) is 5.04. The molecule has 0 aliphatic carbocycles. The Morgan fingerprint density at radius 2 is 2.18 bits per heavy atom. The summed E-state index contributed by atoms with van der Waals surface area (Å²) >= 11 is 6.54. The predicted octanol–water partition coefficient (Wildman–Crippen LogP) is 3.08. The normalized spacial score (nSPS) is 18.7. The van der Waals surface area contributed by atoms with Gasteiger partial charge in [0.2, 0.25) is 10.0 Å². The summed E-state index contributed by atoms with van der Waals surface area (Å²) in [6, 6.07) is 5.05. The number of hydrogen-bond acceptors (Lipinski definition) is 4.